The Balaban J connectivity index is 0.000000454. The summed E-state index contributed by atoms with van der Waals surface area (Å²) < 4.78 is 37.7. The van der Waals surface area contributed by atoms with Crippen molar-refractivity contribution in [2.75, 3.05) is 31.1 Å². The summed E-state index contributed by atoms with van der Waals surface area (Å²) >= 11 is 6.04. The SMILES string of the molecule is C[C@H]1CN(C2CCN(c3cc(C#N)ccn3)CC2)[C@@H](Cc2ccc(Cl)cc2)CO1.O=C(O)C(F)(F)F. The van der Waals surface area contributed by atoms with Crippen molar-refractivity contribution in [2.24, 2.45) is 0 Å². The van der Waals surface area contributed by atoms with E-state index in [-0.39, 0.29) is 6.10 Å². The molecule has 0 aliphatic carbocycles. The number of benzene rings is 1. The largest absolute Gasteiger partial charge is 0.490 e. The Morgan fingerprint density at radius 1 is 1.25 bits per heavy atom. The van der Waals surface area contributed by atoms with Crippen molar-refractivity contribution in [3.63, 3.8) is 0 Å². The lowest BCUT2D eigenvalue weighted by atomic mass is 9.96. The maximum atomic E-state index is 10.6. The van der Waals surface area contributed by atoms with Crippen LogP contribution >= 0.6 is 11.6 Å². The first-order valence-electron chi connectivity index (χ1n) is 11.6. The van der Waals surface area contributed by atoms with Crippen LogP contribution in [0.3, 0.4) is 0 Å². The third-order valence-electron chi connectivity index (χ3n) is 6.27. The number of carboxylic acids is 1. The number of anilines is 1. The lowest BCUT2D eigenvalue weighted by Crippen LogP contribution is -2.56. The molecular weight excluding hydrogens is 497 g/mol. The molecule has 3 heterocycles. The Labute approximate surface area is 213 Å². The number of ether oxygens (including phenoxy) is 1. The molecule has 0 amide bonds. The number of halogens is 4. The van der Waals surface area contributed by atoms with Crippen LogP contribution in [-0.4, -0.2) is 71.6 Å². The number of nitriles is 1. The number of morpholine rings is 1. The summed E-state index contributed by atoms with van der Waals surface area (Å²) in [5.74, 6) is -1.84. The fourth-order valence-electron chi connectivity index (χ4n) is 4.47. The minimum Gasteiger partial charge on any atom is -0.475 e. The maximum absolute atomic E-state index is 10.6. The van der Waals surface area contributed by atoms with Crippen LogP contribution in [0, 0.1) is 11.3 Å². The van der Waals surface area contributed by atoms with Gasteiger partial charge in [0.2, 0.25) is 0 Å². The van der Waals surface area contributed by atoms with Crippen LogP contribution in [-0.2, 0) is 16.0 Å². The maximum Gasteiger partial charge on any atom is 0.490 e. The van der Waals surface area contributed by atoms with E-state index in [4.69, 9.17) is 31.5 Å². The molecule has 2 atom stereocenters. The molecule has 1 aromatic heterocycles. The Hall–Kier alpha value is -2.87. The highest BCUT2D eigenvalue weighted by Gasteiger charge is 2.38. The Morgan fingerprint density at radius 2 is 1.89 bits per heavy atom. The van der Waals surface area contributed by atoms with Gasteiger partial charge in [-0.3, -0.25) is 4.90 Å². The molecule has 194 valence electrons. The molecule has 0 spiro atoms. The summed E-state index contributed by atoms with van der Waals surface area (Å²) in [6.45, 7) is 5.84. The molecule has 0 saturated carbocycles. The number of rotatable bonds is 4. The van der Waals surface area contributed by atoms with Crippen LogP contribution in [0.1, 0.15) is 30.9 Å². The predicted molar refractivity (Wildman–Crippen MR) is 129 cm³/mol. The van der Waals surface area contributed by atoms with Crippen molar-refractivity contribution in [3.05, 3.63) is 58.7 Å². The third kappa shape index (κ3) is 7.82. The van der Waals surface area contributed by atoms with Gasteiger partial charge in [0.1, 0.15) is 5.82 Å². The van der Waals surface area contributed by atoms with E-state index in [9.17, 15) is 13.2 Å². The van der Waals surface area contributed by atoms with E-state index in [1.807, 2.05) is 18.2 Å². The highest BCUT2D eigenvalue weighted by molar-refractivity contribution is 6.30. The van der Waals surface area contributed by atoms with E-state index in [0.29, 0.717) is 17.6 Å². The van der Waals surface area contributed by atoms with E-state index in [1.165, 1.54) is 5.56 Å². The van der Waals surface area contributed by atoms with Gasteiger partial charge in [-0.1, -0.05) is 23.7 Å². The van der Waals surface area contributed by atoms with Crippen molar-refractivity contribution in [2.45, 2.75) is 50.6 Å². The fraction of sp³-hybridized carbons (Fsp3) is 0.480. The van der Waals surface area contributed by atoms with Crippen LogP contribution in [0.5, 0.6) is 0 Å². The molecule has 1 N–H and O–H groups in total. The lowest BCUT2D eigenvalue weighted by molar-refractivity contribution is -0.192. The third-order valence-corrected chi connectivity index (χ3v) is 6.52. The number of piperidine rings is 1. The average molecular weight is 525 g/mol. The van der Waals surface area contributed by atoms with Crippen LogP contribution in [0.4, 0.5) is 19.0 Å². The van der Waals surface area contributed by atoms with Gasteiger partial charge in [-0.05, 0) is 56.0 Å². The smallest absolute Gasteiger partial charge is 0.475 e. The van der Waals surface area contributed by atoms with Gasteiger partial charge in [0, 0.05) is 42.9 Å². The zero-order valence-corrected chi connectivity index (χ0v) is 20.5. The van der Waals surface area contributed by atoms with Gasteiger partial charge < -0.3 is 14.7 Å². The lowest BCUT2D eigenvalue weighted by Gasteiger charge is -2.46. The Kier molecular flexibility index (Phi) is 9.54. The Bertz CT molecular complexity index is 1050. The molecule has 2 aliphatic rings. The van der Waals surface area contributed by atoms with Gasteiger partial charge in [-0.25, -0.2) is 9.78 Å². The molecule has 0 unspecified atom stereocenters. The number of alkyl halides is 3. The van der Waals surface area contributed by atoms with Crippen molar-refractivity contribution < 1.29 is 27.8 Å². The van der Waals surface area contributed by atoms with Gasteiger partial charge in [0.25, 0.3) is 0 Å². The Morgan fingerprint density at radius 3 is 2.47 bits per heavy atom. The molecule has 0 bridgehead atoms. The summed E-state index contributed by atoms with van der Waals surface area (Å²) in [7, 11) is 0. The van der Waals surface area contributed by atoms with E-state index in [2.05, 4.69) is 39.9 Å². The first-order chi connectivity index (χ1) is 17.1. The highest BCUT2D eigenvalue weighted by Crippen LogP contribution is 2.27. The normalized spacial score (nSPS) is 21.3. The zero-order chi connectivity index (χ0) is 26.3. The predicted octanol–water partition coefficient (Wildman–Crippen LogP) is 4.54. The van der Waals surface area contributed by atoms with Crippen molar-refractivity contribution in [1.82, 2.24) is 9.88 Å². The van der Waals surface area contributed by atoms with E-state index < -0.39 is 12.1 Å². The fourth-order valence-corrected chi connectivity index (χ4v) is 4.60. The number of hydrogen-bond acceptors (Lipinski definition) is 6. The van der Waals surface area contributed by atoms with Gasteiger partial charge in [-0.15, -0.1) is 0 Å². The second kappa shape index (κ2) is 12.4. The number of pyridine rings is 1. The number of aliphatic carboxylic acids is 1. The molecule has 2 fully saturated rings. The van der Waals surface area contributed by atoms with E-state index >= 15 is 0 Å². The van der Waals surface area contributed by atoms with Gasteiger partial charge >= 0.3 is 12.1 Å². The number of carbonyl (C=O) groups is 1. The van der Waals surface area contributed by atoms with Crippen molar-refractivity contribution >= 4 is 23.4 Å². The van der Waals surface area contributed by atoms with Crippen LogP contribution < -0.4 is 4.90 Å². The molecule has 0 radical (unpaired) electrons. The summed E-state index contributed by atoms with van der Waals surface area (Å²) in [5.41, 5.74) is 1.97. The molecule has 2 aromatic rings. The molecular formula is C25H28ClF3N4O3. The zero-order valence-electron chi connectivity index (χ0n) is 19.8. The van der Waals surface area contributed by atoms with E-state index in [1.54, 1.807) is 12.3 Å². The van der Waals surface area contributed by atoms with Gasteiger partial charge in [0.05, 0.1) is 24.3 Å². The minimum atomic E-state index is -5.08. The van der Waals surface area contributed by atoms with Crippen molar-refractivity contribution in [3.8, 4) is 6.07 Å². The average Bonchev–Trinajstić information content (AvgIpc) is 2.86. The minimum absolute atomic E-state index is 0.267. The quantitative estimate of drug-likeness (QED) is 0.628. The first kappa shape index (κ1) is 27.7. The molecule has 4 rings (SSSR count). The monoisotopic (exact) mass is 524 g/mol. The summed E-state index contributed by atoms with van der Waals surface area (Å²) in [4.78, 5) is 18.3. The molecule has 2 saturated heterocycles. The summed E-state index contributed by atoms with van der Waals surface area (Å²) in [6.07, 6.45) is 0.0927. The first-order valence-corrected chi connectivity index (χ1v) is 12.0. The molecule has 11 heteroatoms. The number of hydrogen-bond donors (Lipinski definition) is 1. The summed E-state index contributed by atoms with van der Waals surface area (Å²) in [5, 5.41) is 17.0. The molecule has 36 heavy (non-hydrogen) atoms. The van der Waals surface area contributed by atoms with E-state index in [0.717, 1.165) is 56.3 Å². The van der Waals surface area contributed by atoms with Gasteiger partial charge in [0.15, 0.2) is 0 Å². The number of aromatic nitrogens is 1. The highest BCUT2D eigenvalue weighted by atomic mass is 35.5. The molecule has 7 nitrogen and oxygen atoms in total. The van der Waals surface area contributed by atoms with Crippen molar-refractivity contribution in [1.29, 1.82) is 5.26 Å². The topological polar surface area (TPSA) is 89.7 Å². The van der Waals surface area contributed by atoms with Crippen LogP contribution in [0.2, 0.25) is 5.02 Å². The molecule has 2 aliphatic heterocycles. The molecule has 1 aromatic carbocycles. The number of carboxylic acid groups (broad SMARTS) is 1. The van der Waals surface area contributed by atoms with Crippen LogP contribution in [0.25, 0.3) is 0 Å². The standard InChI is InChI=1S/C23H27ClN4O.C2HF3O2/c1-17-15-28(22(16-29-17)12-18-2-4-20(24)5-3-18)21-7-10-27(11-8-21)23-13-19(14-25)6-9-26-23;3-2(4,5)1(6)7/h2-6,9,13,17,21-22H,7-8,10-12,15-16H2,1H3;(H,6,7)/t17-,22-;/m0./s1. The number of nitrogens with zero attached hydrogens (tertiary/aromatic N) is 4. The second-order valence-corrected chi connectivity index (χ2v) is 9.30. The van der Waals surface area contributed by atoms with Crippen LogP contribution in [0.15, 0.2) is 42.6 Å². The summed E-state index contributed by atoms with van der Waals surface area (Å²) in [6, 6.07) is 15.0. The van der Waals surface area contributed by atoms with Gasteiger partial charge in [-0.2, -0.15) is 18.4 Å². The second-order valence-electron chi connectivity index (χ2n) is 8.86.